The maximum absolute atomic E-state index is 13.0. The van der Waals surface area contributed by atoms with Gasteiger partial charge in [-0.25, -0.2) is 0 Å². The van der Waals surface area contributed by atoms with Crippen molar-refractivity contribution in [2.45, 2.75) is 25.4 Å². The number of amides is 2. The van der Waals surface area contributed by atoms with Gasteiger partial charge in [-0.15, -0.1) is 0 Å². The molecule has 2 saturated heterocycles. The zero-order chi connectivity index (χ0) is 23.5. The molecule has 2 amide bonds. The first-order valence-electron chi connectivity index (χ1n) is 11.3. The highest BCUT2D eigenvalue weighted by atomic mass is 35.5. The van der Waals surface area contributed by atoms with Crippen LogP contribution in [0.1, 0.15) is 18.6 Å². The number of hydrogen-bond donors (Lipinski definition) is 1. The van der Waals surface area contributed by atoms with E-state index in [1.54, 1.807) is 4.90 Å². The van der Waals surface area contributed by atoms with E-state index < -0.39 is 0 Å². The highest BCUT2D eigenvalue weighted by molar-refractivity contribution is 6.30. The van der Waals surface area contributed by atoms with Gasteiger partial charge in [0.15, 0.2) is 5.76 Å². The number of nitrogens with zero attached hydrogens (tertiary/aromatic N) is 3. The number of benzene rings is 2. The standard InChI is InChI=1S/C25H25ClN4O4/c26-18-5-3-17(4-6-18)22-14-21(34-28-22)15-29-11-1-2-23(29)25(32)27-19-7-9-20(10-8-19)30-12-13-33-16-24(30)31/h3-10,14,23H,1-2,11-13,15-16H2,(H,27,32). The number of rotatable bonds is 6. The van der Waals surface area contributed by atoms with E-state index in [-0.39, 0.29) is 24.5 Å². The van der Waals surface area contributed by atoms with Crippen molar-refractivity contribution in [3.05, 3.63) is 65.4 Å². The van der Waals surface area contributed by atoms with Crippen LogP contribution in [-0.2, 0) is 20.9 Å². The molecule has 0 bridgehead atoms. The molecule has 34 heavy (non-hydrogen) atoms. The van der Waals surface area contributed by atoms with Gasteiger partial charge in [0.2, 0.25) is 5.91 Å². The van der Waals surface area contributed by atoms with Gasteiger partial charge in [0.25, 0.3) is 5.91 Å². The van der Waals surface area contributed by atoms with E-state index in [4.69, 9.17) is 20.9 Å². The van der Waals surface area contributed by atoms with Crippen molar-refractivity contribution in [2.24, 2.45) is 0 Å². The number of halogens is 1. The molecule has 2 fully saturated rings. The Bertz CT molecular complexity index is 1160. The molecule has 0 spiro atoms. The van der Waals surface area contributed by atoms with Crippen LogP contribution >= 0.6 is 11.6 Å². The van der Waals surface area contributed by atoms with Crippen LogP contribution in [0.2, 0.25) is 5.02 Å². The second-order valence-electron chi connectivity index (χ2n) is 8.45. The van der Waals surface area contributed by atoms with Crippen LogP contribution in [-0.4, -0.2) is 54.2 Å². The molecule has 2 aliphatic heterocycles. The molecule has 1 aromatic heterocycles. The number of carbonyl (C=O) groups excluding carboxylic acids is 2. The van der Waals surface area contributed by atoms with Crippen LogP contribution in [0, 0.1) is 0 Å². The number of carbonyl (C=O) groups is 2. The minimum atomic E-state index is -0.246. The fourth-order valence-electron chi connectivity index (χ4n) is 4.40. The Labute approximate surface area is 202 Å². The van der Waals surface area contributed by atoms with Crippen LogP contribution < -0.4 is 10.2 Å². The summed E-state index contributed by atoms with van der Waals surface area (Å²) in [5.74, 6) is 0.602. The van der Waals surface area contributed by atoms with Gasteiger partial charge in [-0.05, 0) is 55.8 Å². The van der Waals surface area contributed by atoms with Crippen LogP contribution in [0.15, 0.2) is 59.1 Å². The second kappa shape index (κ2) is 9.97. The molecule has 3 heterocycles. The van der Waals surface area contributed by atoms with Crippen LogP contribution in [0.4, 0.5) is 11.4 Å². The molecule has 0 saturated carbocycles. The monoisotopic (exact) mass is 480 g/mol. The van der Waals surface area contributed by atoms with Gasteiger partial charge < -0.3 is 19.5 Å². The Kier molecular flexibility index (Phi) is 6.62. The van der Waals surface area contributed by atoms with Crippen LogP contribution in [0.3, 0.4) is 0 Å². The average Bonchev–Trinajstić information content (AvgIpc) is 3.51. The van der Waals surface area contributed by atoms with Gasteiger partial charge in [0.1, 0.15) is 12.3 Å². The third-order valence-electron chi connectivity index (χ3n) is 6.16. The average molecular weight is 481 g/mol. The first-order chi connectivity index (χ1) is 16.6. The van der Waals surface area contributed by atoms with E-state index in [2.05, 4.69) is 15.4 Å². The molecule has 1 N–H and O–H groups in total. The third kappa shape index (κ3) is 4.99. The summed E-state index contributed by atoms with van der Waals surface area (Å²) < 4.78 is 10.7. The highest BCUT2D eigenvalue weighted by Crippen LogP contribution is 2.26. The largest absolute Gasteiger partial charge is 0.370 e. The molecule has 0 aliphatic carbocycles. The minimum Gasteiger partial charge on any atom is -0.370 e. The number of nitrogens with one attached hydrogen (secondary N) is 1. The van der Waals surface area contributed by atoms with E-state index in [0.717, 1.165) is 36.3 Å². The summed E-state index contributed by atoms with van der Waals surface area (Å²) in [5, 5.41) is 7.85. The number of morpholine rings is 1. The zero-order valence-electron chi connectivity index (χ0n) is 18.6. The molecule has 176 valence electrons. The lowest BCUT2D eigenvalue weighted by Gasteiger charge is -2.27. The van der Waals surface area contributed by atoms with E-state index in [9.17, 15) is 9.59 Å². The lowest BCUT2D eigenvalue weighted by atomic mass is 10.1. The van der Waals surface area contributed by atoms with Crippen molar-refractivity contribution in [3.8, 4) is 11.3 Å². The van der Waals surface area contributed by atoms with E-state index in [0.29, 0.717) is 36.2 Å². The molecule has 1 unspecified atom stereocenters. The maximum atomic E-state index is 13.0. The molecule has 8 nitrogen and oxygen atoms in total. The summed E-state index contributed by atoms with van der Waals surface area (Å²) in [6, 6.07) is 16.4. The van der Waals surface area contributed by atoms with Crippen molar-refractivity contribution in [3.63, 3.8) is 0 Å². The predicted molar refractivity (Wildman–Crippen MR) is 129 cm³/mol. The van der Waals surface area contributed by atoms with Crippen LogP contribution in [0.5, 0.6) is 0 Å². The van der Waals surface area contributed by atoms with Crippen molar-refractivity contribution < 1.29 is 18.8 Å². The molecule has 1 atom stereocenters. The van der Waals surface area contributed by atoms with Crippen LogP contribution in [0.25, 0.3) is 11.3 Å². The van der Waals surface area contributed by atoms with Gasteiger partial charge in [0.05, 0.1) is 19.2 Å². The van der Waals surface area contributed by atoms with E-state index in [1.807, 2.05) is 54.6 Å². The molecular formula is C25H25ClN4O4. The molecular weight excluding hydrogens is 456 g/mol. The van der Waals surface area contributed by atoms with Crippen molar-refractivity contribution >= 4 is 34.8 Å². The first kappa shape index (κ1) is 22.6. The number of ether oxygens (including phenoxy) is 1. The van der Waals surface area contributed by atoms with Gasteiger partial charge in [-0.1, -0.05) is 28.9 Å². The Hall–Kier alpha value is -3.20. The molecule has 2 aliphatic rings. The highest BCUT2D eigenvalue weighted by Gasteiger charge is 2.31. The summed E-state index contributed by atoms with van der Waals surface area (Å²) in [5.41, 5.74) is 3.17. The fourth-order valence-corrected chi connectivity index (χ4v) is 4.52. The topological polar surface area (TPSA) is 87.9 Å². The summed E-state index contributed by atoms with van der Waals surface area (Å²) >= 11 is 5.96. The third-order valence-corrected chi connectivity index (χ3v) is 6.41. The molecule has 0 radical (unpaired) electrons. The SMILES string of the molecule is O=C(Nc1ccc(N2CCOCC2=O)cc1)C1CCCN1Cc1cc(-c2ccc(Cl)cc2)no1. The van der Waals surface area contributed by atoms with Gasteiger partial charge in [0, 0.05) is 34.6 Å². The van der Waals surface area contributed by atoms with Crippen molar-refractivity contribution in [1.29, 1.82) is 0 Å². The van der Waals surface area contributed by atoms with E-state index in [1.165, 1.54) is 0 Å². The molecule has 5 rings (SSSR count). The number of hydrogen-bond acceptors (Lipinski definition) is 6. The van der Waals surface area contributed by atoms with E-state index >= 15 is 0 Å². The quantitative estimate of drug-likeness (QED) is 0.574. The van der Waals surface area contributed by atoms with Crippen molar-refractivity contribution in [1.82, 2.24) is 10.1 Å². The lowest BCUT2D eigenvalue weighted by molar-refractivity contribution is -0.125. The maximum Gasteiger partial charge on any atom is 0.253 e. The summed E-state index contributed by atoms with van der Waals surface area (Å²) in [4.78, 5) is 28.9. The fraction of sp³-hybridized carbons (Fsp3) is 0.320. The summed E-state index contributed by atoms with van der Waals surface area (Å²) in [6.45, 7) is 2.48. The smallest absolute Gasteiger partial charge is 0.253 e. The Morgan fingerprint density at radius 2 is 1.91 bits per heavy atom. The number of anilines is 2. The van der Waals surface area contributed by atoms with Gasteiger partial charge in [-0.3, -0.25) is 14.5 Å². The minimum absolute atomic E-state index is 0.0508. The normalized spacial score (nSPS) is 18.9. The number of likely N-dealkylation sites (tertiary alicyclic amines) is 1. The van der Waals surface area contributed by atoms with Crippen molar-refractivity contribution in [2.75, 3.05) is 36.5 Å². The Morgan fingerprint density at radius 1 is 1.12 bits per heavy atom. The number of aromatic nitrogens is 1. The Balaban J connectivity index is 1.20. The predicted octanol–water partition coefficient (Wildman–Crippen LogP) is 3.96. The van der Waals surface area contributed by atoms with Gasteiger partial charge in [-0.2, -0.15) is 0 Å². The molecule has 2 aromatic carbocycles. The molecule has 9 heteroatoms. The Morgan fingerprint density at radius 3 is 2.68 bits per heavy atom. The molecule has 3 aromatic rings. The summed E-state index contributed by atoms with van der Waals surface area (Å²) in [7, 11) is 0. The zero-order valence-corrected chi connectivity index (χ0v) is 19.3. The van der Waals surface area contributed by atoms with Gasteiger partial charge >= 0.3 is 0 Å². The lowest BCUT2D eigenvalue weighted by Crippen LogP contribution is -2.41. The summed E-state index contributed by atoms with van der Waals surface area (Å²) in [6.07, 6.45) is 1.72. The second-order valence-corrected chi connectivity index (χ2v) is 8.88. The first-order valence-corrected chi connectivity index (χ1v) is 11.7.